The number of aryl methyl sites for hydroxylation is 2. The van der Waals surface area contributed by atoms with Crippen LogP contribution in [0.4, 0.5) is 0 Å². The second-order valence-electron chi connectivity index (χ2n) is 7.21. The molecular formula is C20H18N6O3. The largest absolute Gasteiger partial charge is 0.492 e. The van der Waals surface area contributed by atoms with Gasteiger partial charge in [-0.2, -0.15) is 15.2 Å². The van der Waals surface area contributed by atoms with Crippen LogP contribution in [-0.2, 0) is 12.8 Å². The van der Waals surface area contributed by atoms with Crippen molar-refractivity contribution in [2.24, 2.45) is 0 Å². The zero-order valence-corrected chi connectivity index (χ0v) is 15.6. The molecule has 9 nitrogen and oxygen atoms in total. The molecule has 0 aliphatic heterocycles. The summed E-state index contributed by atoms with van der Waals surface area (Å²) in [6, 6.07) is 6.38. The number of aromatic nitrogens is 6. The third-order valence-electron chi connectivity index (χ3n) is 5.42. The maximum Gasteiger partial charge on any atom is 0.338 e. The topological polar surface area (TPSA) is 119 Å². The number of benzene rings is 1. The van der Waals surface area contributed by atoms with Gasteiger partial charge < -0.3 is 10.2 Å². The number of carboxylic acids is 1. The molecule has 146 valence electrons. The molecule has 5 rings (SSSR count). The number of nitrogens with zero attached hydrogens (tertiary/aromatic N) is 6. The highest BCUT2D eigenvalue weighted by atomic mass is 16.4. The zero-order valence-electron chi connectivity index (χ0n) is 15.6. The molecular weight excluding hydrogens is 372 g/mol. The van der Waals surface area contributed by atoms with Crippen molar-refractivity contribution < 1.29 is 15.0 Å². The monoisotopic (exact) mass is 390 g/mol. The van der Waals surface area contributed by atoms with E-state index in [9.17, 15) is 9.90 Å². The molecule has 1 aromatic carbocycles. The Morgan fingerprint density at radius 1 is 1.14 bits per heavy atom. The molecule has 1 aliphatic rings. The van der Waals surface area contributed by atoms with Gasteiger partial charge in [0, 0.05) is 6.20 Å². The van der Waals surface area contributed by atoms with E-state index in [0.717, 1.165) is 18.4 Å². The number of hydrogen-bond acceptors (Lipinski definition) is 6. The first kappa shape index (κ1) is 17.4. The van der Waals surface area contributed by atoms with Gasteiger partial charge >= 0.3 is 5.97 Å². The summed E-state index contributed by atoms with van der Waals surface area (Å²) in [4.78, 5) is 19.5. The van der Waals surface area contributed by atoms with Crippen LogP contribution in [0.15, 0.2) is 36.8 Å². The predicted molar refractivity (Wildman–Crippen MR) is 103 cm³/mol. The van der Waals surface area contributed by atoms with Crippen molar-refractivity contribution >= 4 is 17.0 Å². The number of carboxylic acid groups (broad SMARTS) is 1. The van der Waals surface area contributed by atoms with Crippen LogP contribution in [0.25, 0.3) is 17.0 Å². The van der Waals surface area contributed by atoms with Gasteiger partial charge in [0.2, 0.25) is 5.88 Å². The molecule has 0 saturated carbocycles. The minimum atomic E-state index is -1.10. The normalized spacial score (nSPS) is 14.2. The van der Waals surface area contributed by atoms with E-state index in [4.69, 9.17) is 5.11 Å². The van der Waals surface area contributed by atoms with E-state index in [1.54, 1.807) is 10.9 Å². The van der Waals surface area contributed by atoms with Crippen LogP contribution in [-0.4, -0.2) is 45.7 Å². The lowest BCUT2D eigenvalue weighted by Gasteiger charge is -2.15. The van der Waals surface area contributed by atoms with E-state index in [1.807, 2.05) is 6.92 Å². The summed E-state index contributed by atoms with van der Waals surface area (Å²) < 4.78 is 2.92. The van der Waals surface area contributed by atoms with Gasteiger partial charge in [-0.15, -0.1) is 0 Å². The second kappa shape index (κ2) is 6.40. The molecule has 0 amide bonds. The SMILES string of the molecule is C[C@@H](c1ccc2c(c1)CCC2)n1ncc2nc(-n3cc(C(=O)O)cn3)nc(O)c21. The van der Waals surface area contributed by atoms with Gasteiger partial charge in [0.05, 0.1) is 24.0 Å². The number of hydrogen-bond donors (Lipinski definition) is 2. The summed E-state index contributed by atoms with van der Waals surface area (Å²) in [5.74, 6) is -1.26. The van der Waals surface area contributed by atoms with Crippen molar-refractivity contribution in [3.05, 3.63) is 59.0 Å². The number of carbonyl (C=O) groups is 1. The Labute approximate surface area is 165 Å². The van der Waals surface area contributed by atoms with Crippen LogP contribution in [0.2, 0.25) is 0 Å². The lowest BCUT2D eigenvalue weighted by atomic mass is 10.0. The van der Waals surface area contributed by atoms with Crippen molar-refractivity contribution in [3.8, 4) is 11.8 Å². The minimum Gasteiger partial charge on any atom is -0.492 e. The minimum absolute atomic E-state index is 0.00844. The molecule has 0 fully saturated rings. The Morgan fingerprint density at radius 3 is 2.76 bits per heavy atom. The van der Waals surface area contributed by atoms with Crippen molar-refractivity contribution in [1.82, 2.24) is 29.5 Å². The fourth-order valence-electron chi connectivity index (χ4n) is 3.86. The summed E-state index contributed by atoms with van der Waals surface area (Å²) in [5, 5.41) is 28.0. The van der Waals surface area contributed by atoms with E-state index in [-0.39, 0.29) is 23.4 Å². The molecule has 2 N–H and O–H groups in total. The third-order valence-corrected chi connectivity index (χ3v) is 5.42. The Balaban J connectivity index is 1.55. The molecule has 9 heteroatoms. The van der Waals surface area contributed by atoms with Gasteiger partial charge in [-0.1, -0.05) is 18.2 Å². The van der Waals surface area contributed by atoms with Crippen LogP contribution in [0, 0.1) is 0 Å². The molecule has 0 unspecified atom stereocenters. The van der Waals surface area contributed by atoms with Gasteiger partial charge in [-0.25, -0.2) is 14.5 Å². The summed E-state index contributed by atoms with van der Waals surface area (Å²) in [6.07, 6.45) is 7.46. The molecule has 3 aromatic heterocycles. The van der Waals surface area contributed by atoms with E-state index < -0.39 is 5.97 Å². The lowest BCUT2D eigenvalue weighted by Crippen LogP contribution is -2.10. The van der Waals surface area contributed by atoms with Gasteiger partial charge in [0.1, 0.15) is 11.0 Å². The molecule has 0 bridgehead atoms. The maximum atomic E-state index is 11.1. The van der Waals surface area contributed by atoms with Crippen LogP contribution >= 0.6 is 0 Å². The zero-order chi connectivity index (χ0) is 20.1. The van der Waals surface area contributed by atoms with E-state index in [0.29, 0.717) is 11.0 Å². The summed E-state index contributed by atoms with van der Waals surface area (Å²) in [7, 11) is 0. The molecule has 29 heavy (non-hydrogen) atoms. The molecule has 1 aliphatic carbocycles. The van der Waals surface area contributed by atoms with E-state index in [1.165, 1.54) is 34.6 Å². The van der Waals surface area contributed by atoms with Crippen LogP contribution in [0.1, 0.15) is 46.4 Å². The quantitative estimate of drug-likeness (QED) is 0.549. The first-order chi connectivity index (χ1) is 14.0. The van der Waals surface area contributed by atoms with Crippen LogP contribution in [0.3, 0.4) is 0 Å². The average Bonchev–Trinajstić information content (AvgIpc) is 3.44. The maximum absolute atomic E-state index is 11.1. The van der Waals surface area contributed by atoms with Gasteiger partial charge in [0.25, 0.3) is 5.95 Å². The highest BCUT2D eigenvalue weighted by molar-refractivity contribution is 5.87. The lowest BCUT2D eigenvalue weighted by molar-refractivity contribution is 0.0697. The van der Waals surface area contributed by atoms with Crippen molar-refractivity contribution in [2.75, 3.05) is 0 Å². The standard InChI is InChI=1S/C20H18N6O3/c1-11(13-6-5-12-3-2-4-14(12)7-13)26-17-16(9-22-26)23-20(24-18(17)27)25-10-15(8-21-25)19(28)29/h5-11H,2-4H2,1H3,(H,28,29)(H,23,24,27)/t11-/m0/s1. The second-order valence-corrected chi connectivity index (χ2v) is 7.21. The smallest absolute Gasteiger partial charge is 0.338 e. The molecule has 4 aromatic rings. The van der Waals surface area contributed by atoms with Gasteiger partial charge in [0.15, 0.2) is 0 Å². The molecule has 0 radical (unpaired) electrons. The number of fused-ring (bicyclic) bond motifs is 2. The third kappa shape index (κ3) is 2.82. The first-order valence-electron chi connectivity index (χ1n) is 9.35. The molecule has 3 heterocycles. The fraction of sp³-hybridized carbons (Fsp3) is 0.250. The van der Waals surface area contributed by atoms with Gasteiger partial charge in [-0.3, -0.25) is 4.68 Å². The summed E-state index contributed by atoms with van der Waals surface area (Å²) in [6.45, 7) is 2.02. The Hall–Kier alpha value is -3.75. The number of aromatic carboxylic acids is 1. The van der Waals surface area contributed by atoms with Crippen molar-refractivity contribution in [3.63, 3.8) is 0 Å². The average molecular weight is 390 g/mol. The molecule has 1 atom stereocenters. The number of rotatable bonds is 4. The Morgan fingerprint density at radius 2 is 1.97 bits per heavy atom. The number of aromatic hydroxyl groups is 1. The van der Waals surface area contributed by atoms with Crippen LogP contribution in [0.5, 0.6) is 5.88 Å². The first-order valence-corrected chi connectivity index (χ1v) is 9.35. The molecule has 0 saturated heterocycles. The summed E-state index contributed by atoms with van der Waals surface area (Å²) in [5.41, 5.74) is 4.77. The highest BCUT2D eigenvalue weighted by Gasteiger charge is 2.20. The Kier molecular flexibility index (Phi) is 3.83. The van der Waals surface area contributed by atoms with Crippen molar-refractivity contribution in [2.45, 2.75) is 32.2 Å². The highest BCUT2D eigenvalue weighted by Crippen LogP contribution is 2.30. The van der Waals surface area contributed by atoms with Gasteiger partial charge in [-0.05, 0) is 42.9 Å². The summed E-state index contributed by atoms with van der Waals surface area (Å²) >= 11 is 0. The molecule has 0 spiro atoms. The Bertz CT molecular complexity index is 1260. The van der Waals surface area contributed by atoms with Crippen LogP contribution < -0.4 is 0 Å². The fourth-order valence-corrected chi connectivity index (χ4v) is 3.86. The van der Waals surface area contributed by atoms with E-state index >= 15 is 0 Å². The van der Waals surface area contributed by atoms with E-state index in [2.05, 4.69) is 38.4 Å². The predicted octanol–water partition coefficient (Wildman–Crippen LogP) is 2.51. The van der Waals surface area contributed by atoms with Crippen molar-refractivity contribution in [1.29, 1.82) is 0 Å².